The predicted molar refractivity (Wildman–Crippen MR) is 168 cm³/mol. The molecular weight excluding hydrogens is 621 g/mol. The molecule has 3 rings (SSSR count). The highest BCUT2D eigenvalue weighted by Gasteiger charge is 2.34. The topological polar surface area (TPSA) is 96.0 Å². The van der Waals surface area contributed by atoms with Crippen molar-refractivity contribution in [3.63, 3.8) is 0 Å². The minimum Gasteiger partial charge on any atom is -0.495 e. The second kappa shape index (κ2) is 15.0. The van der Waals surface area contributed by atoms with Gasteiger partial charge in [-0.05, 0) is 67.8 Å². The molecule has 0 aliphatic heterocycles. The predicted octanol–water partition coefficient (Wildman–Crippen LogP) is 6.57. The van der Waals surface area contributed by atoms with Crippen molar-refractivity contribution in [2.75, 3.05) is 18.0 Å². The Labute approximate surface area is 262 Å². The maximum Gasteiger partial charge on any atom is 0.264 e. The van der Waals surface area contributed by atoms with Crippen LogP contribution < -0.4 is 14.4 Å². The van der Waals surface area contributed by atoms with Gasteiger partial charge in [-0.2, -0.15) is 0 Å². The summed E-state index contributed by atoms with van der Waals surface area (Å²) in [5.74, 6) is -0.621. The number of nitrogens with one attached hydrogen (secondary N) is 1. The lowest BCUT2D eigenvalue weighted by molar-refractivity contribution is -0.140. The van der Waals surface area contributed by atoms with E-state index in [2.05, 4.69) is 5.32 Å². The molecule has 42 heavy (non-hydrogen) atoms. The SMILES string of the molecule is CC[C@@H](C)NC(=O)[C@H](CC)N(Cc1ccc(Cl)cc1Cl)C(=O)CN(c1ccc(OC)c(Cl)c1)S(=O)(=O)c1ccccc1. The molecule has 0 bridgehead atoms. The molecule has 0 aliphatic carbocycles. The van der Waals surface area contributed by atoms with E-state index in [1.807, 2.05) is 13.8 Å². The normalized spacial score (nSPS) is 12.7. The molecule has 12 heteroatoms. The number of hydrogen-bond donors (Lipinski definition) is 1. The second-order valence-corrected chi connectivity index (χ2v) is 12.8. The summed E-state index contributed by atoms with van der Waals surface area (Å²) >= 11 is 18.9. The van der Waals surface area contributed by atoms with Crippen LogP contribution in [-0.4, -0.2) is 50.9 Å². The fourth-order valence-corrected chi connectivity index (χ4v) is 6.40. The Morgan fingerprint density at radius 1 is 0.929 bits per heavy atom. The van der Waals surface area contributed by atoms with E-state index in [4.69, 9.17) is 39.5 Å². The molecule has 0 aliphatic rings. The molecule has 0 saturated carbocycles. The highest BCUT2D eigenvalue weighted by molar-refractivity contribution is 7.92. The van der Waals surface area contributed by atoms with E-state index in [1.54, 1.807) is 43.3 Å². The van der Waals surface area contributed by atoms with Crippen molar-refractivity contribution in [3.8, 4) is 5.75 Å². The number of anilines is 1. The Morgan fingerprint density at radius 2 is 1.62 bits per heavy atom. The van der Waals surface area contributed by atoms with Gasteiger partial charge in [-0.15, -0.1) is 0 Å². The lowest BCUT2D eigenvalue weighted by Gasteiger charge is -2.34. The summed E-state index contributed by atoms with van der Waals surface area (Å²) in [6, 6.07) is 16.0. The van der Waals surface area contributed by atoms with Gasteiger partial charge in [0.15, 0.2) is 0 Å². The number of halogens is 3. The van der Waals surface area contributed by atoms with Gasteiger partial charge >= 0.3 is 0 Å². The third-order valence-electron chi connectivity index (χ3n) is 6.78. The van der Waals surface area contributed by atoms with Gasteiger partial charge in [0.1, 0.15) is 18.3 Å². The van der Waals surface area contributed by atoms with Crippen molar-refractivity contribution in [2.24, 2.45) is 0 Å². The number of carbonyl (C=O) groups excluding carboxylic acids is 2. The van der Waals surface area contributed by atoms with Crippen LogP contribution in [0.15, 0.2) is 71.6 Å². The summed E-state index contributed by atoms with van der Waals surface area (Å²) in [5, 5.41) is 3.83. The quantitative estimate of drug-likeness (QED) is 0.225. The van der Waals surface area contributed by atoms with Crippen LogP contribution in [0.3, 0.4) is 0 Å². The standard InChI is InChI=1S/C30H34Cl3N3O5S/c1-5-20(3)34-30(38)27(6-2)35(18-21-12-13-22(31)16-25(21)32)29(37)19-36(23-14-15-28(41-4)26(33)17-23)42(39,40)24-10-8-7-9-11-24/h7-17,20,27H,5-6,18-19H2,1-4H3,(H,34,38)/t20-,27+/m1/s1. The Morgan fingerprint density at radius 3 is 2.19 bits per heavy atom. The summed E-state index contributed by atoms with van der Waals surface area (Å²) in [6.45, 7) is 4.93. The van der Waals surface area contributed by atoms with Crippen LogP contribution in [0, 0.1) is 0 Å². The highest BCUT2D eigenvalue weighted by atomic mass is 35.5. The third-order valence-corrected chi connectivity index (χ3v) is 9.45. The number of amides is 2. The van der Waals surface area contributed by atoms with Gasteiger partial charge in [0.2, 0.25) is 11.8 Å². The summed E-state index contributed by atoms with van der Waals surface area (Å²) < 4.78 is 34.1. The summed E-state index contributed by atoms with van der Waals surface area (Å²) in [6.07, 6.45) is 0.972. The highest BCUT2D eigenvalue weighted by Crippen LogP contribution is 2.32. The summed E-state index contributed by atoms with van der Waals surface area (Å²) in [7, 11) is -2.80. The van der Waals surface area contributed by atoms with Crippen LogP contribution >= 0.6 is 34.8 Å². The molecule has 3 aromatic rings. The molecule has 2 amide bonds. The molecule has 3 aromatic carbocycles. The van der Waals surface area contributed by atoms with Crippen LogP contribution in [0.25, 0.3) is 0 Å². The van der Waals surface area contributed by atoms with E-state index in [9.17, 15) is 18.0 Å². The van der Waals surface area contributed by atoms with E-state index in [1.165, 1.54) is 42.3 Å². The summed E-state index contributed by atoms with van der Waals surface area (Å²) in [5.41, 5.74) is 0.703. The molecule has 0 heterocycles. The van der Waals surface area contributed by atoms with E-state index in [0.717, 1.165) is 4.31 Å². The zero-order valence-corrected chi connectivity index (χ0v) is 26.9. The smallest absolute Gasteiger partial charge is 0.264 e. The molecule has 0 spiro atoms. The molecule has 1 N–H and O–H groups in total. The Bertz CT molecular complexity index is 1510. The van der Waals surface area contributed by atoms with Crippen molar-refractivity contribution in [3.05, 3.63) is 87.4 Å². The number of hydrogen-bond acceptors (Lipinski definition) is 5. The Kier molecular flexibility index (Phi) is 11.9. The summed E-state index contributed by atoms with van der Waals surface area (Å²) in [4.78, 5) is 28.9. The van der Waals surface area contributed by atoms with Gasteiger partial charge in [-0.3, -0.25) is 13.9 Å². The number of sulfonamides is 1. The number of nitrogens with zero attached hydrogens (tertiary/aromatic N) is 2. The first-order valence-electron chi connectivity index (χ1n) is 13.4. The molecule has 8 nitrogen and oxygen atoms in total. The van der Waals surface area contributed by atoms with Crippen molar-refractivity contribution < 1.29 is 22.7 Å². The maximum absolute atomic E-state index is 14.2. The van der Waals surface area contributed by atoms with E-state index in [-0.39, 0.29) is 40.5 Å². The van der Waals surface area contributed by atoms with Crippen LogP contribution in [0.1, 0.15) is 39.2 Å². The van der Waals surface area contributed by atoms with Crippen molar-refractivity contribution in [1.82, 2.24) is 10.2 Å². The zero-order valence-electron chi connectivity index (χ0n) is 23.8. The van der Waals surface area contributed by atoms with Crippen molar-refractivity contribution in [1.29, 1.82) is 0 Å². The Hall–Kier alpha value is -2.98. The fourth-order valence-electron chi connectivity index (χ4n) is 4.25. The zero-order chi connectivity index (χ0) is 31.0. The third kappa shape index (κ3) is 8.10. The van der Waals surface area contributed by atoms with Gasteiger partial charge in [0.05, 0.1) is 22.7 Å². The monoisotopic (exact) mass is 653 g/mol. The first-order valence-corrected chi connectivity index (χ1v) is 15.9. The van der Waals surface area contributed by atoms with Crippen LogP contribution in [-0.2, 0) is 26.2 Å². The van der Waals surface area contributed by atoms with E-state index >= 15 is 0 Å². The molecule has 0 unspecified atom stereocenters. The van der Waals surface area contributed by atoms with Crippen LogP contribution in [0.4, 0.5) is 5.69 Å². The maximum atomic E-state index is 14.2. The molecule has 0 fully saturated rings. The number of rotatable bonds is 13. The fraction of sp³-hybridized carbons (Fsp3) is 0.333. The first-order chi connectivity index (χ1) is 19.9. The number of methoxy groups -OCH3 is 1. The number of benzene rings is 3. The van der Waals surface area contributed by atoms with Crippen molar-refractivity contribution in [2.45, 2.75) is 57.1 Å². The number of carbonyl (C=O) groups is 2. The molecule has 2 atom stereocenters. The molecule has 0 aromatic heterocycles. The van der Waals surface area contributed by atoms with Gasteiger partial charge in [0, 0.05) is 22.6 Å². The van der Waals surface area contributed by atoms with Gasteiger partial charge in [-0.25, -0.2) is 8.42 Å². The minimum absolute atomic E-state index is 0.0152. The lowest BCUT2D eigenvalue weighted by Crippen LogP contribution is -2.53. The average Bonchev–Trinajstić information content (AvgIpc) is 2.96. The van der Waals surface area contributed by atoms with E-state index < -0.39 is 28.5 Å². The molecule has 0 radical (unpaired) electrons. The van der Waals surface area contributed by atoms with Crippen molar-refractivity contribution >= 4 is 62.3 Å². The van der Waals surface area contributed by atoms with Crippen LogP contribution in [0.2, 0.25) is 15.1 Å². The second-order valence-electron chi connectivity index (χ2n) is 9.64. The molecule has 226 valence electrons. The Balaban J connectivity index is 2.11. The largest absolute Gasteiger partial charge is 0.495 e. The number of ether oxygens (including phenoxy) is 1. The molecular formula is C30H34Cl3N3O5S. The lowest BCUT2D eigenvalue weighted by atomic mass is 10.1. The van der Waals surface area contributed by atoms with Gasteiger partial charge in [0.25, 0.3) is 10.0 Å². The minimum atomic E-state index is -4.24. The van der Waals surface area contributed by atoms with Gasteiger partial charge < -0.3 is 15.0 Å². The average molecular weight is 655 g/mol. The first kappa shape index (κ1) is 33.5. The van der Waals surface area contributed by atoms with Gasteiger partial charge in [-0.1, -0.05) is 72.9 Å². The van der Waals surface area contributed by atoms with E-state index in [0.29, 0.717) is 27.8 Å². The van der Waals surface area contributed by atoms with Crippen LogP contribution in [0.5, 0.6) is 5.75 Å². The molecule has 0 saturated heterocycles.